The highest BCUT2D eigenvalue weighted by atomic mass is 32.2. The number of nitrogens with zero attached hydrogens (tertiary/aromatic N) is 2. The summed E-state index contributed by atoms with van der Waals surface area (Å²) in [5, 5.41) is 2.96. The van der Waals surface area contributed by atoms with Gasteiger partial charge in [-0.3, -0.25) is 4.79 Å². The van der Waals surface area contributed by atoms with Crippen LogP contribution in [0.2, 0.25) is 0 Å². The first-order valence-corrected chi connectivity index (χ1v) is 9.63. The minimum absolute atomic E-state index is 0.0840. The number of nitrogens with one attached hydrogen (secondary N) is 1. The lowest BCUT2D eigenvalue weighted by molar-refractivity contribution is 0.0941. The number of piperidine rings is 1. The molecule has 0 radical (unpaired) electrons. The molecule has 1 aromatic carbocycles. The molecule has 1 heterocycles. The molecular formula is C16H25N3O3S. The largest absolute Gasteiger partial charge is 0.378 e. The fraction of sp³-hybridized carbons (Fsp3) is 0.562. The fourth-order valence-electron chi connectivity index (χ4n) is 2.71. The lowest BCUT2D eigenvalue weighted by atomic mass is 9.98. The second kappa shape index (κ2) is 7.31. The van der Waals surface area contributed by atoms with Crippen molar-refractivity contribution in [2.75, 3.05) is 44.9 Å². The molecule has 0 spiro atoms. The zero-order valence-corrected chi connectivity index (χ0v) is 14.8. The van der Waals surface area contributed by atoms with Crippen molar-refractivity contribution < 1.29 is 13.2 Å². The van der Waals surface area contributed by atoms with Crippen molar-refractivity contribution in [1.29, 1.82) is 0 Å². The molecule has 6 nitrogen and oxygen atoms in total. The van der Waals surface area contributed by atoms with Crippen LogP contribution in [0.25, 0.3) is 0 Å². The maximum atomic E-state index is 12.2. The molecule has 1 amide bonds. The van der Waals surface area contributed by atoms with Crippen LogP contribution in [0.15, 0.2) is 24.3 Å². The van der Waals surface area contributed by atoms with Crippen molar-refractivity contribution in [3.05, 3.63) is 29.8 Å². The van der Waals surface area contributed by atoms with Crippen LogP contribution in [-0.4, -0.2) is 58.6 Å². The Kier molecular flexibility index (Phi) is 5.64. The van der Waals surface area contributed by atoms with E-state index in [0.29, 0.717) is 31.1 Å². The summed E-state index contributed by atoms with van der Waals surface area (Å²) in [6.07, 6.45) is 2.81. The van der Waals surface area contributed by atoms with Gasteiger partial charge in [0.05, 0.1) is 6.26 Å². The topological polar surface area (TPSA) is 69.7 Å². The molecule has 0 atom stereocenters. The Bertz CT molecular complexity index is 650. The van der Waals surface area contributed by atoms with Crippen LogP contribution in [0.5, 0.6) is 0 Å². The summed E-state index contributed by atoms with van der Waals surface area (Å²) in [7, 11) is 0.779. The molecule has 1 aliphatic heterocycles. The maximum Gasteiger partial charge on any atom is 0.251 e. The number of amides is 1. The van der Waals surface area contributed by atoms with Crippen LogP contribution < -0.4 is 10.2 Å². The second-order valence-corrected chi connectivity index (χ2v) is 8.24. The van der Waals surface area contributed by atoms with Crippen LogP contribution >= 0.6 is 0 Å². The van der Waals surface area contributed by atoms with E-state index in [1.54, 1.807) is 6.07 Å². The van der Waals surface area contributed by atoms with Crippen molar-refractivity contribution in [3.8, 4) is 0 Å². The van der Waals surface area contributed by atoms with Gasteiger partial charge in [0.1, 0.15) is 0 Å². The minimum Gasteiger partial charge on any atom is -0.378 e. The lowest BCUT2D eigenvalue weighted by Gasteiger charge is -2.30. The molecule has 1 N–H and O–H groups in total. The lowest BCUT2D eigenvalue weighted by Crippen LogP contribution is -2.41. The maximum absolute atomic E-state index is 12.2. The Morgan fingerprint density at radius 1 is 1.30 bits per heavy atom. The standard InChI is InChI=1S/C16H25N3O3S/c1-18(2)15-6-4-5-14(11-15)16(20)17-12-13-7-9-19(10-8-13)23(3,21)22/h4-6,11,13H,7-10,12H2,1-3H3,(H,17,20). The van der Waals surface area contributed by atoms with E-state index in [1.807, 2.05) is 37.2 Å². The van der Waals surface area contributed by atoms with Gasteiger partial charge in [0.2, 0.25) is 10.0 Å². The van der Waals surface area contributed by atoms with E-state index >= 15 is 0 Å². The van der Waals surface area contributed by atoms with Crippen molar-refractivity contribution in [3.63, 3.8) is 0 Å². The number of anilines is 1. The molecule has 0 saturated carbocycles. The van der Waals surface area contributed by atoms with E-state index in [9.17, 15) is 13.2 Å². The summed E-state index contributed by atoms with van der Waals surface area (Å²) in [5.74, 6) is 0.244. The predicted octanol–water partition coefficient (Wildman–Crippen LogP) is 1.15. The van der Waals surface area contributed by atoms with Gasteiger partial charge in [0.15, 0.2) is 0 Å². The number of rotatable bonds is 5. The number of hydrogen-bond donors (Lipinski definition) is 1. The first-order valence-electron chi connectivity index (χ1n) is 7.78. The van der Waals surface area contributed by atoms with Crippen LogP contribution in [0, 0.1) is 5.92 Å². The Morgan fingerprint density at radius 3 is 2.52 bits per heavy atom. The van der Waals surface area contributed by atoms with Crippen molar-refractivity contribution in [2.45, 2.75) is 12.8 Å². The van der Waals surface area contributed by atoms with E-state index in [1.165, 1.54) is 10.6 Å². The molecule has 0 aliphatic carbocycles. The number of sulfonamides is 1. The summed E-state index contributed by atoms with van der Waals surface area (Å²) in [6, 6.07) is 7.49. The van der Waals surface area contributed by atoms with Gasteiger partial charge in [0.25, 0.3) is 5.91 Å². The van der Waals surface area contributed by atoms with Crippen molar-refractivity contribution in [2.24, 2.45) is 5.92 Å². The summed E-state index contributed by atoms with van der Waals surface area (Å²) in [6.45, 7) is 1.66. The monoisotopic (exact) mass is 339 g/mol. The first-order chi connectivity index (χ1) is 10.8. The van der Waals surface area contributed by atoms with E-state index in [2.05, 4.69) is 5.32 Å². The average Bonchev–Trinajstić information content (AvgIpc) is 2.52. The molecule has 128 valence electrons. The molecule has 1 fully saturated rings. The van der Waals surface area contributed by atoms with Gasteiger partial charge in [-0.15, -0.1) is 0 Å². The quantitative estimate of drug-likeness (QED) is 0.874. The molecular weight excluding hydrogens is 314 g/mol. The highest BCUT2D eigenvalue weighted by Crippen LogP contribution is 2.19. The van der Waals surface area contributed by atoms with E-state index in [-0.39, 0.29) is 5.91 Å². The molecule has 1 aromatic rings. The van der Waals surface area contributed by atoms with Gasteiger partial charge in [-0.2, -0.15) is 0 Å². The smallest absolute Gasteiger partial charge is 0.251 e. The molecule has 1 aliphatic rings. The third-order valence-corrected chi connectivity index (χ3v) is 5.52. The van der Waals surface area contributed by atoms with Crippen molar-refractivity contribution >= 4 is 21.6 Å². The SMILES string of the molecule is CN(C)c1cccc(C(=O)NCC2CCN(S(C)(=O)=O)CC2)c1. The Morgan fingerprint density at radius 2 is 1.96 bits per heavy atom. The Balaban J connectivity index is 1.85. The number of benzene rings is 1. The fourth-order valence-corrected chi connectivity index (χ4v) is 3.58. The molecule has 23 heavy (non-hydrogen) atoms. The Hall–Kier alpha value is -1.60. The zero-order valence-electron chi connectivity index (χ0n) is 13.9. The van der Waals surface area contributed by atoms with Gasteiger partial charge in [-0.25, -0.2) is 12.7 Å². The first kappa shape index (κ1) is 17.7. The number of carbonyl (C=O) groups excluding carboxylic acids is 1. The average molecular weight is 339 g/mol. The Labute approximate surface area is 138 Å². The van der Waals surface area contributed by atoms with Crippen LogP contribution in [-0.2, 0) is 10.0 Å². The van der Waals surface area contributed by atoms with Crippen LogP contribution in [0.1, 0.15) is 23.2 Å². The van der Waals surface area contributed by atoms with Gasteiger partial charge in [-0.1, -0.05) is 6.07 Å². The van der Waals surface area contributed by atoms with Crippen molar-refractivity contribution in [1.82, 2.24) is 9.62 Å². The molecule has 7 heteroatoms. The molecule has 0 bridgehead atoms. The zero-order chi connectivity index (χ0) is 17.0. The van der Waals surface area contributed by atoms with Gasteiger partial charge >= 0.3 is 0 Å². The summed E-state index contributed by atoms with van der Waals surface area (Å²) in [4.78, 5) is 14.2. The number of carbonyl (C=O) groups is 1. The number of hydrogen-bond acceptors (Lipinski definition) is 4. The van der Waals surface area contributed by atoms with E-state index < -0.39 is 10.0 Å². The predicted molar refractivity (Wildman–Crippen MR) is 92.2 cm³/mol. The molecule has 2 rings (SSSR count). The minimum atomic E-state index is -3.10. The third kappa shape index (κ3) is 4.94. The second-order valence-electron chi connectivity index (χ2n) is 6.26. The summed E-state index contributed by atoms with van der Waals surface area (Å²) >= 11 is 0. The molecule has 1 saturated heterocycles. The highest BCUT2D eigenvalue weighted by molar-refractivity contribution is 7.88. The van der Waals surface area contributed by atoms with E-state index in [4.69, 9.17) is 0 Å². The summed E-state index contributed by atoms with van der Waals surface area (Å²) in [5.41, 5.74) is 1.63. The van der Waals surface area contributed by atoms with Crippen LogP contribution in [0.3, 0.4) is 0 Å². The van der Waals surface area contributed by atoms with Gasteiger partial charge in [-0.05, 0) is 37.0 Å². The summed E-state index contributed by atoms with van der Waals surface area (Å²) < 4.78 is 24.5. The molecule has 0 aromatic heterocycles. The van der Waals surface area contributed by atoms with Crippen LogP contribution in [0.4, 0.5) is 5.69 Å². The van der Waals surface area contributed by atoms with E-state index in [0.717, 1.165) is 18.5 Å². The molecule has 0 unspecified atom stereocenters. The highest BCUT2D eigenvalue weighted by Gasteiger charge is 2.25. The van der Waals surface area contributed by atoms with Gasteiger partial charge < -0.3 is 10.2 Å². The van der Waals surface area contributed by atoms with Gasteiger partial charge in [0, 0.05) is 45.0 Å². The normalized spacial score (nSPS) is 17.0. The third-order valence-electron chi connectivity index (χ3n) is 4.22.